The van der Waals surface area contributed by atoms with Gasteiger partial charge >= 0.3 is 0 Å². The van der Waals surface area contributed by atoms with Gasteiger partial charge in [0.1, 0.15) is 0 Å². The van der Waals surface area contributed by atoms with Crippen molar-refractivity contribution in [3.05, 3.63) is 54.3 Å². The molecule has 1 aromatic heterocycles. The fourth-order valence-corrected chi connectivity index (χ4v) is 3.86. The van der Waals surface area contributed by atoms with Crippen LogP contribution in [0.5, 0.6) is 0 Å². The molecule has 0 aliphatic heterocycles. The lowest BCUT2D eigenvalue weighted by Crippen LogP contribution is -2.23. The second-order valence-corrected chi connectivity index (χ2v) is 8.17. The Balaban J connectivity index is 2.43. The first-order valence-electron chi connectivity index (χ1n) is 7.08. The summed E-state index contributed by atoms with van der Waals surface area (Å²) < 4.78 is 1.35. The third kappa shape index (κ3) is 3.62. The molecular weight excluding hydrogens is 377 g/mol. The average molecular weight is 399 g/mol. The number of halogens is 1. The Labute approximate surface area is 139 Å². The van der Waals surface area contributed by atoms with Crippen LogP contribution >= 0.6 is 33.9 Å². The number of thiophene rings is 1. The van der Waals surface area contributed by atoms with Crippen molar-refractivity contribution in [3.63, 3.8) is 0 Å². The first kappa shape index (κ1) is 16.0. The van der Waals surface area contributed by atoms with E-state index in [0.29, 0.717) is 6.04 Å². The highest BCUT2D eigenvalue weighted by atomic mass is 127. The third-order valence-corrected chi connectivity index (χ3v) is 5.52. The fourth-order valence-electron chi connectivity index (χ4n) is 2.46. The Morgan fingerprint density at radius 1 is 1.10 bits per heavy atom. The summed E-state index contributed by atoms with van der Waals surface area (Å²) in [6.45, 7) is 9.87. The van der Waals surface area contributed by atoms with Gasteiger partial charge in [0.2, 0.25) is 0 Å². The van der Waals surface area contributed by atoms with Crippen LogP contribution in [0.2, 0.25) is 0 Å². The highest BCUT2D eigenvalue weighted by molar-refractivity contribution is 14.1. The Morgan fingerprint density at radius 2 is 1.80 bits per heavy atom. The van der Waals surface area contributed by atoms with Crippen LogP contribution < -0.4 is 5.32 Å². The molecule has 0 saturated heterocycles. The lowest BCUT2D eigenvalue weighted by Gasteiger charge is -2.21. The second kappa shape index (κ2) is 7.05. The van der Waals surface area contributed by atoms with E-state index >= 15 is 0 Å². The molecule has 1 aromatic carbocycles. The maximum absolute atomic E-state index is 3.71. The molecule has 0 amide bonds. The van der Waals surface area contributed by atoms with E-state index in [9.17, 15) is 0 Å². The molecule has 108 valence electrons. The molecule has 1 atom stereocenters. The van der Waals surface area contributed by atoms with E-state index in [4.69, 9.17) is 0 Å². The summed E-state index contributed by atoms with van der Waals surface area (Å²) >= 11 is 4.22. The maximum atomic E-state index is 3.71. The molecule has 20 heavy (non-hydrogen) atoms. The smallest absolute Gasteiger partial charge is 0.0656 e. The van der Waals surface area contributed by atoms with E-state index in [2.05, 4.69) is 79.2 Å². The molecule has 0 spiro atoms. The van der Waals surface area contributed by atoms with Crippen LogP contribution in [-0.4, -0.2) is 6.54 Å². The van der Waals surface area contributed by atoms with Crippen molar-refractivity contribution in [1.29, 1.82) is 0 Å². The van der Waals surface area contributed by atoms with Crippen LogP contribution in [0.4, 0.5) is 0 Å². The van der Waals surface area contributed by atoms with Crippen LogP contribution in [-0.2, 0) is 0 Å². The van der Waals surface area contributed by atoms with Gasteiger partial charge in [-0.1, -0.05) is 19.1 Å². The number of hydrogen-bond donors (Lipinski definition) is 1. The summed E-state index contributed by atoms with van der Waals surface area (Å²) in [5, 5.41) is 5.99. The van der Waals surface area contributed by atoms with Crippen molar-refractivity contribution in [3.8, 4) is 0 Å². The Kier molecular flexibility index (Phi) is 5.64. The van der Waals surface area contributed by atoms with Gasteiger partial charge < -0.3 is 5.32 Å². The summed E-state index contributed by atoms with van der Waals surface area (Å²) in [7, 11) is 0. The molecule has 0 aliphatic carbocycles. The summed E-state index contributed by atoms with van der Waals surface area (Å²) in [4.78, 5) is 0. The normalized spacial score (nSPS) is 12.7. The molecular formula is C17H22INS. The lowest BCUT2D eigenvalue weighted by molar-refractivity contribution is 0.597. The minimum atomic E-state index is 0.314. The summed E-state index contributed by atoms with van der Waals surface area (Å²) in [6, 6.07) is 7.27. The van der Waals surface area contributed by atoms with E-state index in [-0.39, 0.29) is 0 Å². The van der Waals surface area contributed by atoms with Crippen LogP contribution in [0.15, 0.2) is 23.6 Å². The number of benzene rings is 1. The predicted molar refractivity (Wildman–Crippen MR) is 97.8 cm³/mol. The van der Waals surface area contributed by atoms with E-state index < -0.39 is 0 Å². The molecule has 0 aliphatic rings. The van der Waals surface area contributed by atoms with Gasteiger partial charge in [-0.25, -0.2) is 0 Å². The minimum absolute atomic E-state index is 0.314. The van der Waals surface area contributed by atoms with E-state index in [1.54, 1.807) is 0 Å². The van der Waals surface area contributed by atoms with Crippen molar-refractivity contribution in [2.24, 2.45) is 0 Å². The molecule has 1 N–H and O–H groups in total. The molecule has 1 heterocycles. The molecule has 0 saturated carbocycles. The van der Waals surface area contributed by atoms with Crippen LogP contribution in [0.25, 0.3) is 0 Å². The lowest BCUT2D eigenvalue weighted by atomic mass is 9.93. The number of aryl methyl sites for hydroxylation is 3. The first-order chi connectivity index (χ1) is 9.52. The quantitative estimate of drug-likeness (QED) is 0.667. The highest BCUT2D eigenvalue weighted by Gasteiger charge is 2.17. The van der Waals surface area contributed by atoms with Gasteiger partial charge in [0.25, 0.3) is 0 Å². The number of nitrogens with one attached hydrogen (secondary N) is 1. The maximum Gasteiger partial charge on any atom is 0.0656 e. The van der Waals surface area contributed by atoms with Crippen molar-refractivity contribution >= 4 is 33.9 Å². The molecule has 1 nitrogen and oxygen atoms in total. The summed E-state index contributed by atoms with van der Waals surface area (Å²) in [6.07, 6.45) is 1.15. The standard InChI is InChI=1S/C17H22INS/c1-5-6-19-17(14-9-16(18)20-10-14)15-8-12(3)11(2)7-13(15)4/h7-10,17,19H,5-6H2,1-4H3. The second-order valence-electron chi connectivity index (χ2n) is 5.36. The largest absolute Gasteiger partial charge is 0.306 e. The minimum Gasteiger partial charge on any atom is -0.306 e. The molecule has 0 radical (unpaired) electrons. The van der Waals surface area contributed by atoms with Crippen molar-refractivity contribution in [2.75, 3.05) is 6.54 Å². The van der Waals surface area contributed by atoms with Gasteiger partial charge in [-0.3, -0.25) is 0 Å². The SMILES string of the molecule is CCCNC(c1csc(I)c1)c1cc(C)c(C)cc1C. The monoisotopic (exact) mass is 399 g/mol. The van der Waals surface area contributed by atoms with E-state index in [0.717, 1.165) is 13.0 Å². The number of rotatable bonds is 5. The van der Waals surface area contributed by atoms with Crippen molar-refractivity contribution < 1.29 is 0 Å². The van der Waals surface area contributed by atoms with Crippen molar-refractivity contribution in [1.82, 2.24) is 5.32 Å². The van der Waals surface area contributed by atoms with Crippen molar-refractivity contribution in [2.45, 2.75) is 40.2 Å². The Bertz CT molecular complexity index is 589. The predicted octanol–water partition coefficient (Wildman–Crippen LogP) is 5.37. The van der Waals surface area contributed by atoms with Crippen LogP contribution in [0.1, 0.15) is 47.2 Å². The Morgan fingerprint density at radius 3 is 2.40 bits per heavy atom. The van der Waals surface area contributed by atoms with Crippen LogP contribution in [0.3, 0.4) is 0 Å². The van der Waals surface area contributed by atoms with E-state index in [1.165, 1.54) is 30.7 Å². The average Bonchev–Trinajstić information content (AvgIpc) is 2.82. The van der Waals surface area contributed by atoms with E-state index in [1.807, 2.05) is 11.3 Å². The van der Waals surface area contributed by atoms with Gasteiger partial charge in [-0.05, 0) is 95.6 Å². The van der Waals surface area contributed by atoms with Crippen LogP contribution in [0, 0.1) is 23.7 Å². The molecule has 2 rings (SSSR count). The van der Waals surface area contributed by atoms with Gasteiger partial charge in [-0.15, -0.1) is 11.3 Å². The van der Waals surface area contributed by atoms with Gasteiger partial charge in [0.05, 0.1) is 8.93 Å². The highest BCUT2D eigenvalue weighted by Crippen LogP contribution is 2.30. The molecule has 3 heteroatoms. The summed E-state index contributed by atoms with van der Waals surface area (Å²) in [5.74, 6) is 0. The zero-order chi connectivity index (χ0) is 14.7. The zero-order valence-electron chi connectivity index (χ0n) is 12.6. The zero-order valence-corrected chi connectivity index (χ0v) is 15.6. The number of hydrogen-bond acceptors (Lipinski definition) is 2. The molecule has 2 aromatic rings. The first-order valence-corrected chi connectivity index (χ1v) is 9.03. The van der Waals surface area contributed by atoms with Gasteiger partial charge in [0.15, 0.2) is 0 Å². The van der Waals surface area contributed by atoms with Gasteiger partial charge in [0, 0.05) is 0 Å². The molecule has 0 bridgehead atoms. The Hall–Kier alpha value is -0.390. The fraction of sp³-hybridized carbons (Fsp3) is 0.412. The molecule has 0 fully saturated rings. The third-order valence-electron chi connectivity index (χ3n) is 3.71. The topological polar surface area (TPSA) is 12.0 Å². The summed E-state index contributed by atoms with van der Waals surface area (Å²) in [5.41, 5.74) is 6.93. The molecule has 1 unspecified atom stereocenters. The van der Waals surface area contributed by atoms with Gasteiger partial charge in [-0.2, -0.15) is 0 Å².